The van der Waals surface area contributed by atoms with Crippen molar-refractivity contribution < 1.29 is 4.79 Å². The summed E-state index contributed by atoms with van der Waals surface area (Å²) < 4.78 is 0. The number of nitrogens with zero attached hydrogens (tertiary/aromatic N) is 2. The third-order valence-corrected chi connectivity index (χ3v) is 1.79. The maximum atomic E-state index is 10.9. The number of carbonyl (C=O) groups is 1. The van der Waals surface area contributed by atoms with Gasteiger partial charge in [-0.2, -0.15) is 5.26 Å². The summed E-state index contributed by atoms with van der Waals surface area (Å²) in [6.07, 6.45) is 3.32. The minimum absolute atomic E-state index is 0.0745. The van der Waals surface area contributed by atoms with E-state index in [-0.39, 0.29) is 5.91 Å². The number of hydrogen-bond acceptors (Lipinski definition) is 3. The molecular formula is C8H5N3O. The summed E-state index contributed by atoms with van der Waals surface area (Å²) >= 11 is 0. The number of aromatic nitrogens is 1. The third kappa shape index (κ3) is 0.839. The molecule has 0 unspecified atom stereocenters. The van der Waals surface area contributed by atoms with Gasteiger partial charge < -0.3 is 5.32 Å². The Bertz CT molecular complexity index is 392. The molecular weight excluding hydrogens is 154 g/mol. The van der Waals surface area contributed by atoms with Crippen molar-refractivity contribution in [3.8, 4) is 6.07 Å². The van der Waals surface area contributed by atoms with Crippen LogP contribution >= 0.6 is 0 Å². The highest BCUT2D eigenvalue weighted by molar-refractivity contribution is 5.99. The van der Waals surface area contributed by atoms with E-state index in [1.165, 1.54) is 6.20 Å². The lowest BCUT2D eigenvalue weighted by molar-refractivity contribution is -0.115. The Morgan fingerprint density at radius 3 is 3.17 bits per heavy atom. The highest BCUT2D eigenvalue weighted by Gasteiger charge is 2.20. The lowest BCUT2D eigenvalue weighted by Gasteiger charge is -1.96. The van der Waals surface area contributed by atoms with Crippen LogP contribution in [0.5, 0.6) is 0 Å². The fraction of sp³-hybridized carbons (Fsp3) is 0.125. The summed E-state index contributed by atoms with van der Waals surface area (Å²) in [7, 11) is 0. The molecule has 1 aromatic rings. The van der Waals surface area contributed by atoms with Gasteiger partial charge in [-0.05, 0) is 0 Å². The van der Waals surface area contributed by atoms with Gasteiger partial charge in [-0.25, -0.2) is 0 Å². The predicted molar refractivity (Wildman–Crippen MR) is 41.3 cm³/mol. The summed E-state index contributed by atoms with van der Waals surface area (Å²) in [5.74, 6) is -0.0745. The molecule has 1 aliphatic rings. The quantitative estimate of drug-likeness (QED) is 0.597. The number of carbonyl (C=O) groups excluding carboxylic acids is 1. The molecule has 0 saturated heterocycles. The number of fused-ring (bicyclic) bond motifs is 1. The molecule has 1 amide bonds. The molecule has 4 nitrogen and oxygen atoms in total. The van der Waals surface area contributed by atoms with Gasteiger partial charge in [-0.3, -0.25) is 9.78 Å². The second kappa shape index (κ2) is 2.31. The molecule has 0 spiro atoms. The van der Waals surface area contributed by atoms with Gasteiger partial charge in [0.2, 0.25) is 5.91 Å². The van der Waals surface area contributed by atoms with Gasteiger partial charge in [0.15, 0.2) is 0 Å². The monoisotopic (exact) mass is 159 g/mol. The van der Waals surface area contributed by atoms with Gasteiger partial charge >= 0.3 is 0 Å². The Labute approximate surface area is 68.8 Å². The van der Waals surface area contributed by atoms with Crippen LogP contribution < -0.4 is 5.32 Å². The zero-order chi connectivity index (χ0) is 8.55. The number of anilines is 1. The molecule has 0 saturated carbocycles. The first-order valence-electron chi connectivity index (χ1n) is 3.48. The Kier molecular flexibility index (Phi) is 1.31. The van der Waals surface area contributed by atoms with Gasteiger partial charge in [-0.1, -0.05) is 0 Å². The Balaban J connectivity index is 2.60. The average molecular weight is 159 g/mol. The molecule has 58 valence electrons. The van der Waals surface area contributed by atoms with E-state index in [9.17, 15) is 4.79 Å². The molecule has 1 N–H and O–H groups in total. The molecule has 4 heteroatoms. The number of amides is 1. The lowest BCUT2D eigenvalue weighted by Crippen LogP contribution is -2.03. The van der Waals surface area contributed by atoms with Crippen molar-refractivity contribution >= 4 is 11.6 Å². The Morgan fingerprint density at radius 2 is 2.42 bits per heavy atom. The zero-order valence-electron chi connectivity index (χ0n) is 6.16. The van der Waals surface area contributed by atoms with E-state index < -0.39 is 0 Å². The Hall–Kier alpha value is -1.89. The van der Waals surface area contributed by atoms with E-state index in [0.29, 0.717) is 17.7 Å². The molecule has 1 aliphatic heterocycles. The standard InChI is InChI=1S/C8H5N3O/c9-2-5-3-10-4-7-6(5)1-8(12)11-7/h3-4H,1H2,(H,11,12). The summed E-state index contributed by atoms with van der Waals surface area (Å²) in [5.41, 5.74) is 1.91. The molecule has 0 radical (unpaired) electrons. The Morgan fingerprint density at radius 1 is 1.58 bits per heavy atom. The SMILES string of the molecule is N#Cc1cncc2c1CC(=O)N2. The van der Waals surface area contributed by atoms with Crippen LogP contribution in [0.3, 0.4) is 0 Å². The minimum atomic E-state index is -0.0745. The first kappa shape index (κ1) is 6.80. The maximum Gasteiger partial charge on any atom is 0.228 e. The van der Waals surface area contributed by atoms with Crippen molar-refractivity contribution in [2.24, 2.45) is 0 Å². The second-order valence-electron chi connectivity index (χ2n) is 2.55. The zero-order valence-corrected chi connectivity index (χ0v) is 6.16. The number of rotatable bonds is 0. The molecule has 0 aromatic carbocycles. The smallest absolute Gasteiger partial charge is 0.228 e. The highest BCUT2D eigenvalue weighted by atomic mass is 16.1. The van der Waals surface area contributed by atoms with Crippen LogP contribution in [0.1, 0.15) is 11.1 Å². The first-order chi connectivity index (χ1) is 5.81. The average Bonchev–Trinajstić information content (AvgIpc) is 2.44. The van der Waals surface area contributed by atoms with Crippen molar-refractivity contribution in [3.05, 3.63) is 23.5 Å². The number of hydrogen-bond donors (Lipinski definition) is 1. The largest absolute Gasteiger partial charge is 0.324 e. The van der Waals surface area contributed by atoms with Gasteiger partial charge in [0, 0.05) is 11.8 Å². The molecule has 0 aliphatic carbocycles. The van der Waals surface area contributed by atoms with Gasteiger partial charge in [-0.15, -0.1) is 0 Å². The van der Waals surface area contributed by atoms with Gasteiger partial charge in [0.1, 0.15) is 6.07 Å². The first-order valence-corrected chi connectivity index (χ1v) is 3.48. The van der Waals surface area contributed by atoms with Crippen molar-refractivity contribution in [2.45, 2.75) is 6.42 Å². The van der Waals surface area contributed by atoms with Crippen LogP contribution in [-0.2, 0) is 11.2 Å². The highest BCUT2D eigenvalue weighted by Crippen LogP contribution is 2.23. The normalized spacial score (nSPS) is 13.4. The minimum Gasteiger partial charge on any atom is -0.324 e. The third-order valence-electron chi connectivity index (χ3n) is 1.79. The summed E-state index contributed by atoms with van der Waals surface area (Å²) in [4.78, 5) is 14.7. The molecule has 0 fully saturated rings. The summed E-state index contributed by atoms with van der Waals surface area (Å²) in [5, 5.41) is 11.3. The van der Waals surface area contributed by atoms with Crippen LogP contribution in [0.4, 0.5) is 5.69 Å². The molecule has 2 rings (SSSR count). The van der Waals surface area contributed by atoms with Crippen LogP contribution in [0.15, 0.2) is 12.4 Å². The van der Waals surface area contributed by atoms with Crippen LogP contribution in [0.2, 0.25) is 0 Å². The molecule has 0 atom stereocenters. The van der Waals surface area contributed by atoms with E-state index in [1.807, 2.05) is 6.07 Å². The number of pyridine rings is 1. The van der Waals surface area contributed by atoms with Crippen molar-refractivity contribution in [2.75, 3.05) is 5.32 Å². The van der Waals surface area contributed by atoms with E-state index >= 15 is 0 Å². The van der Waals surface area contributed by atoms with Gasteiger partial charge in [0.25, 0.3) is 0 Å². The van der Waals surface area contributed by atoms with Crippen LogP contribution in [0, 0.1) is 11.3 Å². The lowest BCUT2D eigenvalue weighted by atomic mass is 10.1. The van der Waals surface area contributed by atoms with Gasteiger partial charge in [0.05, 0.1) is 23.9 Å². The maximum absolute atomic E-state index is 10.9. The van der Waals surface area contributed by atoms with Crippen molar-refractivity contribution in [1.82, 2.24) is 4.98 Å². The molecule has 1 aromatic heterocycles. The van der Waals surface area contributed by atoms with Crippen molar-refractivity contribution in [3.63, 3.8) is 0 Å². The fourth-order valence-electron chi connectivity index (χ4n) is 1.24. The molecule has 0 bridgehead atoms. The molecule has 12 heavy (non-hydrogen) atoms. The number of nitriles is 1. The predicted octanol–water partition coefficient (Wildman–Crippen LogP) is 0.448. The van der Waals surface area contributed by atoms with E-state index in [4.69, 9.17) is 5.26 Å². The summed E-state index contributed by atoms with van der Waals surface area (Å²) in [6.45, 7) is 0. The van der Waals surface area contributed by atoms with Crippen LogP contribution in [0.25, 0.3) is 0 Å². The topological polar surface area (TPSA) is 65.8 Å². The number of nitrogens with one attached hydrogen (secondary N) is 1. The summed E-state index contributed by atoms with van der Waals surface area (Å²) in [6, 6.07) is 1.99. The van der Waals surface area contributed by atoms with Crippen LogP contribution in [-0.4, -0.2) is 10.9 Å². The fourth-order valence-corrected chi connectivity index (χ4v) is 1.24. The van der Waals surface area contributed by atoms with E-state index in [1.54, 1.807) is 6.20 Å². The second-order valence-corrected chi connectivity index (χ2v) is 2.55. The van der Waals surface area contributed by atoms with E-state index in [0.717, 1.165) is 5.56 Å². The molecule has 2 heterocycles. The van der Waals surface area contributed by atoms with E-state index in [2.05, 4.69) is 10.3 Å². The van der Waals surface area contributed by atoms with Crippen molar-refractivity contribution in [1.29, 1.82) is 5.26 Å².